The van der Waals surface area contributed by atoms with Crippen LogP contribution in [0.4, 0.5) is 0 Å². The molecule has 0 atom stereocenters. The first-order chi connectivity index (χ1) is 30.3. The molecule has 0 amide bonds. The van der Waals surface area contributed by atoms with Gasteiger partial charge < -0.3 is 20.1 Å². The van der Waals surface area contributed by atoms with Gasteiger partial charge in [0.25, 0.3) is 0 Å². The Morgan fingerprint density at radius 1 is 0.333 bits per heavy atom. The van der Waals surface area contributed by atoms with Gasteiger partial charge in [0, 0.05) is 18.8 Å². The summed E-state index contributed by atoms with van der Waals surface area (Å²) in [5.41, 5.74) is 0. The van der Waals surface area contributed by atoms with Crippen molar-refractivity contribution in [1.29, 1.82) is 0 Å². The van der Waals surface area contributed by atoms with Crippen LogP contribution in [0.15, 0.2) is 134 Å². The number of aliphatic carboxylic acids is 3. The summed E-state index contributed by atoms with van der Waals surface area (Å²) in [7, 11) is 0. The van der Waals surface area contributed by atoms with Crippen molar-refractivity contribution in [2.45, 2.75) is 201 Å². The van der Waals surface area contributed by atoms with Crippen LogP contribution in [0.25, 0.3) is 0 Å². The summed E-state index contributed by atoms with van der Waals surface area (Å²) in [5, 5.41) is 27.2. The maximum atomic E-state index is 10.3. The molecule has 0 saturated heterocycles. The largest absolute Gasteiger partial charge is 1.00 e. The van der Waals surface area contributed by atoms with Gasteiger partial charge in [0.2, 0.25) is 0 Å². The molecule has 0 aromatic heterocycles. The Hall–Kier alpha value is -3.85. The zero-order chi connectivity index (χ0) is 46.1. The van der Waals surface area contributed by atoms with Crippen LogP contribution in [0.3, 0.4) is 0 Å². The summed E-state index contributed by atoms with van der Waals surface area (Å²) in [4.78, 5) is 30.8. The van der Waals surface area contributed by atoms with Crippen molar-refractivity contribution in [2.75, 3.05) is 0 Å². The third kappa shape index (κ3) is 75.9. The van der Waals surface area contributed by atoms with E-state index in [-0.39, 0.29) is 31.7 Å². The molecule has 0 heterocycles. The third-order valence-electron chi connectivity index (χ3n) is 8.97. The van der Waals surface area contributed by atoms with Gasteiger partial charge in [-0.15, -0.1) is 0 Å². The third-order valence-corrected chi connectivity index (χ3v) is 8.97. The molecule has 0 aliphatic heterocycles. The van der Waals surface area contributed by atoms with Gasteiger partial charge in [0.15, 0.2) is 0 Å². The first-order valence-electron chi connectivity index (χ1n) is 24.1. The number of carboxylic acid groups (broad SMARTS) is 3. The monoisotopic (exact) mass is 865 g/mol. The molecular weight excluding hydrogens is 776 g/mol. The second kappa shape index (κ2) is 62.4. The van der Waals surface area contributed by atoms with Crippen LogP contribution in [-0.4, -0.2) is 28.1 Å². The molecule has 2 N–H and O–H groups in total. The summed E-state index contributed by atoms with van der Waals surface area (Å²) >= 11 is 0. The predicted molar refractivity (Wildman–Crippen MR) is 267 cm³/mol. The molecule has 0 aliphatic rings. The number of carbonyl (C=O) groups is 3. The summed E-state index contributed by atoms with van der Waals surface area (Å²) in [6.45, 7) is 6.60. The number of carbonyl (C=O) groups excluding carboxylic acids is 1. The summed E-state index contributed by atoms with van der Waals surface area (Å²) in [6, 6.07) is 0. The molecule has 0 bridgehead atoms. The Morgan fingerprint density at radius 3 is 0.841 bits per heavy atom. The van der Waals surface area contributed by atoms with Crippen molar-refractivity contribution >= 4 is 17.9 Å². The van der Waals surface area contributed by atoms with E-state index in [1.165, 1.54) is 51.4 Å². The van der Waals surface area contributed by atoms with Crippen LogP contribution < -0.4 is 24.0 Å². The van der Waals surface area contributed by atoms with Crippen LogP contribution in [0.2, 0.25) is 0 Å². The molecule has 0 fully saturated rings. The Labute approximate surface area is 398 Å². The topological polar surface area (TPSA) is 115 Å². The van der Waals surface area contributed by atoms with Gasteiger partial charge in [-0.1, -0.05) is 180 Å². The minimum Gasteiger partial charge on any atom is -0.550 e. The molecule has 7 heteroatoms. The van der Waals surface area contributed by atoms with E-state index < -0.39 is 17.9 Å². The number of carboxylic acids is 3. The van der Waals surface area contributed by atoms with Crippen molar-refractivity contribution < 1.29 is 48.6 Å². The van der Waals surface area contributed by atoms with Crippen LogP contribution in [-0.2, 0) is 14.4 Å². The zero-order valence-corrected chi connectivity index (χ0v) is 40.5. The minimum absolute atomic E-state index is 0. The molecule has 350 valence electrons. The first-order valence-corrected chi connectivity index (χ1v) is 24.1. The zero-order valence-electron chi connectivity index (χ0n) is 40.5. The van der Waals surface area contributed by atoms with Crippen LogP contribution in [0.1, 0.15) is 201 Å². The van der Waals surface area contributed by atoms with E-state index in [2.05, 4.69) is 154 Å². The Bertz CT molecular complexity index is 1260. The number of rotatable bonds is 39. The van der Waals surface area contributed by atoms with Gasteiger partial charge in [-0.2, -0.15) is 0 Å². The molecule has 6 nitrogen and oxygen atoms in total. The maximum absolute atomic E-state index is 10.3. The van der Waals surface area contributed by atoms with E-state index >= 15 is 0 Å². The molecule has 0 aromatic rings. The van der Waals surface area contributed by atoms with Crippen molar-refractivity contribution in [1.82, 2.24) is 0 Å². The average Bonchev–Trinajstić information content (AvgIpc) is 3.25. The number of unbranched alkanes of at least 4 members (excludes halogenated alkanes) is 11. The molecular formula is C56H89LiO6. The molecule has 63 heavy (non-hydrogen) atoms. The van der Waals surface area contributed by atoms with Crippen LogP contribution >= 0.6 is 0 Å². The Balaban J connectivity index is -0.000000412. The second-order valence-electron chi connectivity index (χ2n) is 15.0. The van der Waals surface area contributed by atoms with Gasteiger partial charge >= 0.3 is 30.8 Å². The smallest absolute Gasteiger partial charge is 0.550 e. The normalized spacial score (nSPS) is 12.1. The van der Waals surface area contributed by atoms with E-state index in [0.29, 0.717) is 12.8 Å². The number of allylic oxidation sites excluding steroid dienone is 22. The second-order valence-corrected chi connectivity index (χ2v) is 15.0. The molecule has 0 aliphatic carbocycles. The Kier molecular flexibility index (Phi) is 65.2. The SMILES string of the molecule is CC/C=C\C/C=C\C/C=C\C/C=C\C/C=C\CCCC(=O)O.CCCCC/C=C\C/C=C\C/C=C\CCCCC(=O)O.CCCCC/C=C\C/C=C\C/C=C\CCCCC(=O)[O-].[Li+]. The summed E-state index contributed by atoms with van der Waals surface area (Å²) < 4.78 is 0. The number of hydrogen-bond donors (Lipinski definition) is 2. The van der Waals surface area contributed by atoms with Crippen molar-refractivity contribution in [3.8, 4) is 0 Å². The summed E-state index contributed by atoms with van der Waals surface area (Å²) in [6.07, 6.45) is 74.8. The molecule has 0 rings (SSSR count). The van der Waals surface area contributed by atoms with Gasteiger partial charge in [-0.05, 0) is 141 Å². The van der Waals surface area contributed by atoms with E-state index in [9.17, 15) is 19.5 Å². The van der Waals surface area contributed by atoms with Crippen LogP contribution in [0.5, 0.6) is 0 Å². The fraction of sp³-hybridized carbons (Fsp3) is 0.554. The van der Waals surface area contributed by atoms with E-state index in [1.807, 2.05) is 0 Å². The summed E-state index contributed by atoms with van der Waals surface area (Å²) in [5.74, 6) is -2.35. The van der Waals surface area contributed by atoms with Crippen LogP contribution in [0, 0.1) is 0 Å². The van der Waals surface area contributed by atoms with E-state index in [4.69, 9.17) is 10.2 Å². The van der Waals surface area contributed by atoms with Crippen molar-refractivity contribution in [2.24, 2.45) is 0 Å². The predicted octanol–water partition coefficient (Wildman–Crippen LogP) is 13.0. The van der Waals surface area contributed by atoms with Gasteiger partial charge in [-0.25, -0.2) is 0 Å². The van der Waals surface area contributed by atoms with Gasteiger partial charge in [0.1, 0.15) is 0 Å². The molecule has 0 spiro atoms. The average molecular weight is 865 g/mol. The molecule has 0 saturated carbocycles. The fourth-order valence-electron chi connectivity index (χ4n) is 5.39. The first kappa shape index (κ1) is 65.8. The molecule has 0 aromatic carbocycles. The van der Waals surface area contributed by atoms with E-state index in [0.717, 1.165) is 103 Å². The van der Waals surface area contributed by atoms with Gasteiger partial charge in [0.05, 0.1) is 0 Å². The minimum atomic E-state index is -0.945. The van der Waals surface area contributed by atoms with Crippen molar-refractivity contribution in [3.63, 3.8) is 0 Å². The molecule has 0 radical (unpaired) electrons. The quantitative estimate of drug-likeness (QED) is 0.0361. The standard InChI is InChI=1S/C20H30O2.2C18H30O2.Li/c1-2-3-4-5-6-7-8-9-10-11-12-13-14-15-16-17-18-19-20(21)22;2*1-2-3-4-5-6-7-8-9-10-11-12-13-14-15-16-17-18(19)20;/h3-4,6-7,9-10,12-13,15-16H,2,5,8,11,14,17-19H2,1H3,(H,21,22);2*6-7,9-10,12-13H,2-5,8,11,14-17H2,1H3,(H,19,20);/q;;;+1/p-1/b4-3-,7-6-,10-9-,13-12-,16-15-;2*7-6-,10-9-,13-12-;. The number of hydrogen-bond acceptors (Lipinski definition) is 4. The Morgan fingerprint density at radius 2 is 0.571 bits per heavy atom. The molecule has 0 unspecified atom stereocenters. The maximum Gasteiger partial charge on any atom is 1.00 e. The van der Waals surface area contributed by atoms with Crippen molar-refractivity contribution in [3.05, 3.63) is 134 Å². The fourth-order valence-corrected chi connectivity index (χ4v) is 5.39. The van der Waals surface area contributed by atoms with E-state index in [1.54, 1.807) is 0 Å². The van der Waals surface area contributed by atoms with Gasteiger partial charge in [-0.3, -0.25) is 9.59 Å².